The second kappa shape index (κ2) is 6.89. The van der Waals surface area contributed by atoms with E-state index in [0.717, 1.165) is 0 Å². The summed E-state index contributed by atoms with van der Waals surface area (Å²) in [4.78, 5) is 36.2. The molecule has 1 rings (SSSR count). The van der Waals surface area contributed by atoms with Crippen molar-refractivity contribution in [3.63, 3.8) is 0 Å². The molecule has 120 valence electrons. The van der Waals surface area contributed by atoms with Crippen LogP contribution in [0.2, 0.25) is 0 Å². The molecule has 0 radical (unpaired) electrons. The molecule has 1 atom stereocenters. The van der Waals surface area contributed by atoms with Crippen LogP contribution in [0, 0.1) is 5.41 Å². The van der Waals surface area contributed by atoms with Crippen LogP contribution in [0.25, 0.3) is 0 Å². The van der Waals surface area contributed by atoms with Crippen LogP contribution in [-0.2, 0) is 14.4 Å². The molecule has 4 N–H and O–H groups in total. The molecule has 0 saturated carbocycles. The van der Waals surface area contributed by atoms with Gasteiger partial charge in [-0.15, -0.1) is 0 Å². The number of carbonyl (C=O) groups is 3. The van der Waals surface area contributed by atoms with Gasteiger partial charge in [-0.25, -0.2) is 0 Å². The largest absolute Gasteiger partial charge is 0.481 e. The van der Waals surface area contributed by atoms with Gasteiger partial charge in [-0.2, -0.15) is 0 Å². The topological polar surface area (TPSA) is 113 Å². The van der Waals surface area contributed by atoms with E-state index >= 15 is 0 Å². The molecule has 1 unspecified atom stereocenters. The number of amides is 2. The molecule has 1 aliphatic heterocycles. The highest BCUT2D eigenvalue weighted by atomic mass is 16.4. The summed E-state index contributed by atoms with van der Waals surface area (Å²) in [5, 5.41) is 11.4. The molecule has 2 amide bonds. The van der Waals surface area contributed by atoms with Gasteiger partial charge in [0.25, 0.3) is 0 Å². The number of nitrogens with one attached hydrogen (secondary N) is 1. The summed E-state index contributed by atoms with van der Waals surface area (Å²) in [7, 11) is 0. The lowest BCUT2D eigenvalue weighted by molar-refractivity contribution is -0.141. The molecule has 7 heteroatoms. The number of hydrogen-bond acceptors (Lipinski definition) is 4. The van der Waals surface area contributed by atoms with Crippen molar-refractivity contribution in [3.8, 4) is 0 Å². The summed E-state index contributed by atoms with van der Waals surface area (Å²) in [5.74, 6) is -1.43. The Balaban J connectivity index is 2.42. The molecule has 1 aliphatic rings. The van der Waals surface area contributed by atoms with Gasteiger partial charge in [-0.05, 0) is 12.8 Å². The molecule has 1 saturated heterocycles. The zero-order chi connectivity index (χ0) is 16.2. The van der Waals surface area contributed by atoms with Gasteiger partial charge in [0.2, 0.25) is 11.8 Å². The number of carboxylic acid groups (broad SMARTS) is 1. The summed E-state index contributed by atoms with van der Waals surface area (Å²) in [6.07, 6.45) is 0.938. The number of carbonyl (C=O) groups excluding carboxylic acids is 2. The van der Waals surface area contributed by atoms with E-state index in [9.17, 15) is 14.4 Å². The van der Waals surface area contributed by atoms with Crippen molar-refractivity contribution in [2.75, 3.05) is 13.1 Å². The Bertz CT molecular complexity index is 409. The van der Waals surface area contributed by atoms with Crippen molar-refractivity contribution in [2.45, 2.75) is 52.1 Å². The number of rotatable bonds is 4. The van der Waals surface area contributed by atoms with Crippen molar-refractivity contribution in [1.29, 1.82) is 0 Å². The molecule has 21 heavy (non-hydrogen) atoms. The van der Waals surface area contributed by atoms with E-state index in [4.69, 9.17) is 10.8 Å². The van der Waals surface area contributed by atoms with Gasteiger partial charge in [-0.3, -0.25) is 14.4 Å². The number of nitrogens with zero attached hydrogens (tertiary/aromatic N) is 1. The third-order valence-electron chi connectivity index (χ3n) is 3.50. The van der Waals surface area contributed by atoms with Crippen molar-refractivity contribution < 1.29 is 19.5 Å². The molecule has 7 nitrogen and oxygen atoms in total. The summed E-state index contributed by atoms with van der Waals surface area (Å²) < 4.78 is 0. The summed E-state index contributed by atoms with van der Waals surface area (Å²) in [6, 6.07) is -1.09. The van der Waals surface area contributed by atoms with Gasteiger partial charge in [0, 0.05) is 24.5 Å². The van der Waals surface area contributed by atoms with Crippen LogP contribution in [-0.4, -0.2) is 53.0 Å². The Labute approximate surface area is 124 Å². The normalized spacial score (nSPS) is 18.2. The average Bonchev–Trinajstić information content (AvgIpc) is 2.36. The molecule has 0 aromatic carbocycles. The first-order valence-corrected chi connectivity index (χ1v) is 7.18. The number of piperidine rings is 1. The van der Waals surface area contributed by atoms with Crippen LogP contribution < -0.4 is 11.1 Å². The smallest absolute Gasteiger partial charge is 0.305 e. The van der Waals surface area contributed by atoms with Crippen LogP contribution in [0.1, 0.15) is 40.0 Å². The molecule has 1 fully saturated rings. The van der Waals surface area contributed by atoms with E-state index in [-0.39, 0.29) is 18.4 Å². The van der Waals surface area contributed by atoms with E-state index in [1.54, 1.807) is 4.90 Å². The first-order valence-electron chi connectivity index (χ1n) is 7.18. The van der Waals surface area contributed by atoms with E-state index in [1.165, 1.54) is 0 Å². The third-order valence-corrected chi connectivity index (χ3v) is 3.50. The summed E-state index contributed by atoms with van der Waals surface area (Å²) in [5.41, 5.74) is 5.11. The number of aliphatic carboxylic acids is 1. The Kier molecular flexibility index (Phi) is 5.71. The maximum absolute atomic E-state index is 12.1. The van der Waals surface area contributed by atoms with Crippen LogP contribution in [0.3, 0.4) is 0 Å². The maximum Gasteiger partial charge on any atom is 0.305 e. The number of nitrogens with two attached hydrogens (primary N) is 1. The lowest BCUT2D eigenvalue weighted by Gasteiger charge is -2.36. The van der Waals surface area contributed by atoms with Gasteiger partial charge < -0.3 is 21.1 Å². The van der Waals surface area contributed by atoms with E-state index < -0.39 is 23.3 Å². The zero-order valence-corrected chi connectivity index (χ0v) is 12.9. The first-order chi connectivity index (χ1) is 9.61. The molecule has 0 aromatic heterocycles. The first kappa shape index (κ1) is 17.4. The van der Waals surface area contributed by atoms with Crippen molar-refractivity contribution in [3.05, 3.63) is 0 Å². The van der Waals surface area contributed by atoms with Crippen LogP contribution in [0.4, 0.5) is 0 Å². The minimum Gasteiger partial charge on any atom is -0.481 e. The van der Waals surface area contributed by atoms with E-state index in [2.05, 4.69) is 5.32 Å². The highest BCUT2D eigenvalue weighted by Gasteiger charge is 2.31. The fourth-order valence-electron chi connectivity index (χ4n) is 2.29. The fraction of sp³-hybridized carbons (Fsp3) is 0.786. The number of hydrogen-bond donors (Lipinski definition) is 3. The summed E-state index contributed by atoms with van der Waals surface area (Å²) >= 11 is 0. The molecule has 0 bridgehead atoms. The minimum absolute atomic E-state index is 0.0543. The number of likely N-dealkylation sites (tertiary alicyclic amines) is 1. The van der Waals surface area contributed by atoms with Crippen LogP contribution in [0.5, 0.6) is 0 Å². The second-order valence-electron chi connectivity index (χ2n) is 6.53. The predicted octanol–water partition coefficient (Wildman–Crippen LogP) is -0.0583. The van der Waals surface area contributed by atoms with Gasteiger partial charge in [0.15, 0.2) is 0 Å². The molecule has 0 spiro atoms. The van der Waals surface area contributed by atoms with Gasteiger partial charge in [0.1, 0.15) is 0 Å². The van der Waals surface area contributed by atoms with Crippen molar-refractivity contribution in [1.82, 2.24) is 10.2 Å². The third kappa shape index (κ3) is 5.34. The lowest BCUT2D eigenvalue weighted by Crippen LogP contribution is -2.52. The fourth-order valence-corrected chi connectivity index (χ4v) is 2.29. The Morgan fingerprint density at radius 1 is 1.29 bits per heavy atom. The number of carboxylic acids is 1. The highest BCUT2D eigenvalue weighted by molar-refractivity contribution is 5.86. The Morgan fingerprint density at radius 3 is 2.24 bits per heavy atom. The molecular weight excluding hydrogens is 274 g/mol. The SMILES string of the molecule is CC(C)(C)C(=O)N1CCC(NC(=O)C(N)CC(=O)O)CC1. The van der Waals surface area contributed by atoms with E-state index in [0.29, 0.717) is 25.9 Å². The molecular formula is C14H25N3O4. The maximum atomic E-state index is 12.1. The Hall–Kier alpha value is -1.63. The lowest BCUT2D eigenvalue weighted by atomic mass is 9.93. The van der Waals surface area contributed by atoms with Crippen molar-refractivity contribution in [2.24, 2.45) is 11.1 Å². The summed E-state index contributed by atoms with van der Waals surface area (Å²) in [6.45, 7) is 6.83. The average molecular weight is 299 g/mol. The minimum atomic E-state index is -1.09. The van der Waals surface area contributed by atoms with Crippen LogP contribution in [0.15, 0.2) is 0 Å². The highest BCUT2D eigenvalue weighted by Crippen LogP contribution is 2.21. The standard InChI is InChI=1S/C14H25N3O4/c1-14(2,3)13(21)17-6-4-9(5-7-17)16-12(20)10(15)8-11(18)19/h9-10H,4-8,15H2,1-3H3,(H,16,20)(H,18,19). The quantitative estimate of drug-likeness (QED) is 0.673. The molecule has 0 aromatic rings. The van der Waals surface area contributed by atoms with Crippen LogP contribution >= 0.6 is 0 Å². The monoisotopic (exact) mass is 299 g/mol. The molecule has 1 heterocycles. The Morgan fingerprint density at radius 2 is 1.81 bits per heavy atom. The van der Waals surface area contributed by atoms with Crippen molar-refractivity contribution >= 4 is 17.8 Å². The van der Waals surface area contributed by atoms with E-state index in [1.807, 2.05) is 20.8 Å². The van der Waals surface area contributed by atoms with Gasteiger partial charge in [-0.1, -0.05) is 20.8 Å². The zero-order valence-electron chi connectivity index (χ0n) is 12.9. The van der Waals surface area contributed by atoms with Gasteiger partial charge >= 0.3 is 5.97 Å². The van der Waals surface area contributed by atoms with Gasteiger partial charge in [0.05, 0.1) is 12.5 Å². The predicted molar refractivity (Wildman–Crippen MR) is 77.4 cm³/mol. The molecule has 0 aliphatic carbocycles. The second-order valence-corrected chi connectivity index (χ2v) is 6.53.